The van der Waals surface area contributed by atoms with Crippen LogP contribution in [0.3, 0.4) is 0 Å². The van der Waals surface area contributed by atoms with E-state index in [2.05, 4.69) is 6.58 Å². The highest BCUT2D eigenvalue weighted by atomic mass is 16.5. The zero-order valence-electron chi connectivity index (χ0n) is 8.02. The van der Waals surface area contributed by atoms with Gasteiger partial charge in [0.05, 0.1) is 0 Å². The van der Waals surface area contributed by atoms with Crippen LogP contribution in [0.25, 0.3) is 0 Å². The fourth-order valence-corrected chi connectivity index (χ4v) is 0.751. The van der Waals surface area contributed by atoms with Gasteiger partial charge in [0.1, 0.15) is 6.61 Å². The first-order valence-electron chi connectivity index (χ1n) is 3.98. The number of carbonyl (C=O) groups excluding carboxylic acids is 1. The summed E-state index contributed by atoms with van der Waals surface area (Å²) >= 11 is 0. The zero-order chi connectivity index (χ0) is 9.56. The van der Waals surface area contributed by atoms with Crippen LogP contribution < -0.4 is 0 Å². The van der Waals surface area contributed by atoms with Crippen molar-refractivity contribution in [2.45, 2.75) is 27.2 Å². The molecular formula is C10H16O2. The van der Waals surface area contributed by atoms with Gasteiger partial charge in [-0.25, -0.2) is 0 Å². The van der Waals surface area contributed by atoms with E-state index in [9.17, 15) is 4.79 Å². The Morgan fingerprint density at radius 2 is 2.08 bits per heavy atom. The molecule has 0 N–H and O–H groups in total. The van der Waals surface area contributed by atoms with Gasteiger partial charge < -0.3 is 4.74 Å². The molecule has 0 aromatic heterocycles. The zero-order valence-corrected chi connectivity index (χ0v) is 8.02. The van der Waals surface area contributed by atoms with Crippen molar-refractivity contribution in [2.24, 2.45) is 0 Å². The molecule has 0 amide bonds. The summed E-state index contributed by atoms with van der Waals surface area (Å²) in [5, 5.41) is 0. The molecule has 68 valence electrons. The van der Waals surface area contributed by atoms with Crippen LogP contribution in [0.1, 0.15) is 27.2 Å². The molecule has 0 aromatic carbocycles. The Morgan fingerprint density at radius 3 is 2.50 bits per heavy atom. The van der Waals surface area contributed by atoms with Gasteiger partial charge in [-0.05, 0) is 25.8 Å². The average Bonchev–Trinajstić information content (AvgIpc) is 2.00. The second-order valence-corrected chi connectivity index (χ2v) is 2.84. The van der Waals surface area contributed by atoms with Crippen molar-refractivity contribution in [3.05, 3.63) is 23.8 Å². The molecule has 0 atom stereocenters. The fraction of sp³-hybridized carbons (Fsp3) is 0.500. The van der Waals surface area contributed by atoms with Crippen LogP contribution in [0.2, 0.25) is 0 Å². The summed E-state index contributed by atoms with van der Waals surface area (Å²) in [5.41, 5.74) is 2.17. The highest BCUT2D eigenvalue weighted by Gasteiger charge is 1.97. The molecule has 0 aliphatic heterocycles. The van der Waals surface area contributed by atoms with E-state index in [1.165, 1.54) is 12.5 Å². The smallest absolute Gasteiger partial charge is 0.302 e. The molecule has 0 bridgehead atoms. The highest BCUT2D eigenvalue weighted by molar-refractivity contribution is 5.66. The first kappa shape index (κ1) is 11.0. The minimum absolute atomic E-state index is 0.255. The van der Waals surface area contributed by atoms with E-state index in [0.717, 1.165) is 12.0 Å². The third kappa shape index (κ3) is 5.71. The van der Waals surface area contributed by atoms with E-state index in [1.807, 2.05) is 19.9 Å². The number of allylic oxidation sites excluding steroid dienone is 2. The summed E-state index contributed by atoms with van der Waals surface area (Å²) in [6, 6.07) is 0. The summed E-state index contributed by atoms with van der Waals surface area (Å²) in [5.74, 6) is -0.255. The van der Waals surface area contributed by atoms with Crippen LogP contribution >= 0.6 is 0 Å². The van der Waals surface area contributed by atoms with E-state index in [1.54, 1.807) is 0 Å². The molecule has 0 spiro atoms. The number of ether oxygens (including phenoxy) is 1. The number of esters is 1. The Bertz CT molecular complexity index is 202. The highest BCUT2D eigenvalue weighted by Crippen LogP contribution is 2.08. The first-order chi connectivity index (χ1) is 5.56. The molecule has 12 heavy (non-hydrogen) atoms. The summed E-state index contributed by atoms with van der Waals surface area (Å²) in [6.07, 6.45) is 2.84. The van der Waals surface area contributed by atoms with E-state index in [4.69, 9.17) is 4.74 Å². The lowest BCUT2D eigenvalue weighted by atomic mass is 10.1. The molecule has 0 unspecified atom stereocenters. The van der Waals surface area contributed by atoms with Gasteiger partial charge in [0.25, 0.3) is 0 Å². The summed E-state index contributed by atoms with van der Waals surface area (Å²) < 4.78 is 4.78. The predicted molar refractivity (Wildman–Crippen MR) is 49.8 cm³/mol. The van der Waals surface area contributed by atoms with Crippen molar-refractivity contribution in [2.75, 3.05) is 6.61 Å². The quantitative estimate of drug-likeness (QED) is 0.476. The Morgan fingerprint density at radius 1 is 1.50 bits per heavy atom. The average molecular weight is 168 g/mol. The largest absolute Gasteiger partial charge is 0.461 e. The Balaban J connectivity index is 3.68. The Labute approximate surface area is 73.9 Å². The Hall–Kier alpha value is -1.05. The maximum atomic E-state index is 10.4. The van der Waals surface area contributed by atoms with Gasteiger partial charge in [-0.1, -0.05) is 18.2 Å². The lowest BCUT2D eigenvalue weighted by Crippen LogP contribution is -2.02. The number of rotatable bonds is 4. The van der Waals surface area contributed by atoms with Crippen molar-refractivity contribution in [1.29, 1.82) is 0 Å². The molecule has 0 saturated heterocycles. The van der Waals surface area contributed by atoms with Gasteiger partial charge in [0.2, 0.25) is 0 Å². The summed E-state index contributed by atoms with van der Waals surface area (Å²) in [6.45, 7) is 9.54. The molecule has 0 aliphatic carbocycles. The second kappa shape index (κ2) is 5.58. The molecule has 0 rings (SSSR count). The van der Waals surface area contributed by atoms with Crippen molar-refractivity contribution >= 4 is 5.97 Å². The monoisotopic (exact) mass is 168 g/mol. The van der Waals surface area contributed by atoms with Crippen LogP contribution in [0.4, 0.5) is 0 Å². The van der Waals surface area contributed by atoms with E-state index >= 15 is 0 Å². The molecule has 0 aromatic rings. The maximum absolute atomic E-state index is 10.4. The van der Waals surface area contributed by atoms with Crippen molar-refractivity contribution in [1.82, 2.24) is 0 Å². The standard InChI is InChI=1S/C10H16O2/c1-5-8(2)6-9(3)7-12-10(4)11/h5H,3,6-7H2,1-2,4H3/b8-5-. The predicted octanol–water partition coefficient (Wildman–Crippen LogP) is 2.46. The first-order valence-corrected chi connectivity index (χ1v) is 3.98. The van der Waals surface area contributed by atoms with Gasteiger partial charge in [0, 0.05) is 6.92 Å². The normalized spacial score (nSPS) is 11.1. The molecule has 0 fully saturated rings. The lowest BCUT2D eigenvalue weighted by Gasteiger charge is -2.05. The van der Waals surface area contributed by atoms with E-state index in [0.29, 0.717) is 6.61 Å². The molecular weight excluding hydrogens is 152 g/mol. The van der Waals surface area contributed by atoms with E-state index < -0.39 is 0 Å². The van der Waals surface area contributed by atoms with Crippen LogP contribution in [0.15, 0.2) is 23.8 Å². The van der Waals surface area contributed by atoms with Crippen LogP contribution in [0.5, 0.6) is 0 Å². The molecule has 0 radical (unpaired) electrons. The number of carbonyl (C=O) groups is 1. The van der Waals surface area contributed by atoms with Crippen molar-refractivity contribution < 1.29 is 9.53 Å². The molecule has 0 heterocycles. The third-order valence-corrected chi connectivity index (χ3v) is 1.50. The minimum Gasteiger partial charge on any atom is -0.461 e. The van der Waals surface area contributed by atoms with Gasteiger partial charge >= 0.3 is 5.97 Å². The Kier molecular flexibility index (Phi) is 5.09. The van der Waals surface area contributed by atoms with Crippen LogP contribution in [-0.4, -0.2) is 12.6 Å². The van der Waals surface area contributed by atoms with Crippen molar-refractivity contribution in [3.8, 4) is 0 Å². The van der Waals surface area contributed by atoms with Gasteiger partial charge in [-0.3, -0.25) is 4.79 Å². The molecule has 2 heteroatoms. The second-order valence-electron chi connectivity index (χ2n) is 2.84. The topological polar surface area (TPSA) is 26.3 Å². The van der Waals surface area contributed by atoms with Crippen LogP contribution in [0, 0.1) is 0 Å². The van der Waals surface area contributed by atoms with Gasteiger partial charge in [0.15, 0.2) is 0 Å². The van der Waals surface area contributed by atoms with Gasteiger partial charge in [-0.15, -0.1) is 0 Å². The van der Waals surface area contributed by atoms with Crippen LogP contribution in [-0.2, 0) is 9.53 Å². The summed E-state index contributed by atoms with van der Waals surface area (Å²) in [4.78, 5) is 10.4. The minimum atomic E-state index is -0.255. The van der Waals surface area contributed by atoms with Gasteiger partial charge in [-0.2, -0.15) is 0 Å². The van der Waals surface area contributed by atoms with Crippen molar-refractivity contribution in [3.63, 3.8) is 0 Å². The SMILES string of the molecule is C=C(COC(C)=O)C/C(C)=C\C. The third-order valence-electron chi connectivity index (χ3n) is 1.50. The lowest BCUT2D eigenvalue weighted by molar-refractivity contribution is -0.140. The number of hydrogen-bond acceptors (Lipinski definition) is 2. The summed E-state index contributed by atoms with van der Waals surface area (Å²) in [7, 11) is 0. The molecule has 0 saturated carbocycles. The molecule has 0 aliphatic rings. The fourth-order valence-electron chi connectivity index (χ4n) is 0.751. The van der Waals surface area contributed by atoms with E-state index in [-0.39, 0.29) is 5.97 Å². The number of hydrogen-bond donors (Lipinski definition) is 0. The molecule has 2 nitrogen and oxygen atoms in total. The maximum Gasteiger partial charge on any atom is 0.302 e.